The topological polar surface area (TPSA) is 76.1 Å². The Bertz CT molecular complexity index is 985. The highest BCUT2D eigenvalue weighted by molar-refractivity contribution is 9.10. The second kappa shape index (κ2) is 7.00. The number of thiazole rings is 1. The average molecular weight is 425 g/mol. The fraction of sp³-hybridized carbons (Fsp3) is 0.125. The van der Waals surface area contributed by atoms with Gasteiger partial charge < -0.3 is 5.32 Å². The lowest BCUT2D eigenvalue weighted by atomic mass is 10.2. The molecule has 0 bridgehead atoms. The molecule has 0 unspecified atom stereocenters. The maximum absolute atomic E-state index is 12.1. The first-order valence-corrected chi connectivity index (χ1v) is 10.4. The van der Waals surface area contributed by atoms with Gasteiger partial charge in [-0.2, -0.15) is 0 Å². The van der Waals surface area contributed by atoms with Crippen molar-refractivity contribution in [3.63, 3.8) is 0 Å². The number of nitrogens with zero attached hydrogens (tertiary/aromatic N) is 1. The normalized spacial score (nSPS) is 11.5. The van der Waals surface area contributed by atoms with Gasteiger partial charge in [-0.3, -0.25) is 4.79 Å². The predicted molar refractivity (Wildman–Crippen MR) is 99.9 cm³/mol. The van der Waals surface area contributed by atoms with E-state index in [1.165, 1.54) is 11.3 Å². The highest BCUT2D eigenvalue weighted by Crippen LogP contribution is 2.28. The molecule has 1 aromatic heterocycles. The molecule has 0 aliphatic heterocycles. The molecular formula is C16H13BrN2O3S2. The summed E-state index contributed by atoms with van der Waals surface area (Å²) in [6, 6.07) is 14.4. The zero-order chi connectivity index (χ0) is 17.2. The molecule has 5 nitrogen and oxygen atoms in total. The van der Waals surface area contributed by atoms with E-state index in [-0.39, 0.29) is 5.75 Å². The molecule has 1 N–H and O–H groups in total. The largest absolute Gasteiger partial charge is 0.301 e. The molecule has 0 saturated heterocycles. The van der Waals surface area contributed by atoms with E-state index in [0.29, 0.717) is 10.7 Å². The lowest BCUT2D eigenvalue weighted by Gasteiger charge is -2.04. The van der Waals surface area contributed by atoms with Crippen LogP contribution in [-0.4, -0.2) is 25.1 Å². The number of aromatic nitrogens is 1. The molecule has 1 heterocycles. The van der Waals surface area contributed by atoms with Crippen LogP contribution in [0.15, 0.2) is 53.0 Å². The second-order valence-corrected chi connectivity index (χ2v) is 9.21. The number of carbonyl (C=O) groups excluding carboxylic acids is 1. The molecule has 0 fully saturated rings. The van der Waals surface area contributed by atoms with Crippen LogP contribution in [0.25, 0.3) is 10.2 Å². The molecule has 0 aliphatic rings. The molecule has 124 valence electrons. The zero-order valence-corrected chi connectivity index (χ0v) is 15.6. The number of sulfone groups is 1. The average Bonchev–Trinajstić information content (AvgIpc) is 2.88. The van der Waals surface area contributed by atoms with E-state index < -0.39 is 21.5 Å². The minimum Gasteiger partial charge on any atom is -0.301 e. The molecule has 2 aromatic carbocycles. The van der Waals surface area contributed by atoms with Gasteiger partial charge in [0.05, 0.1) is 16.0 Å². The molecule has 3 aromatic rings. The Morgan fingerprint density at radius 3 is 2.67 bits per heavy atom. The first-order valence-electron chi connectivity index (χ1n) is 7.02. The van der Waals surface area contributed by atoms with Crippen molar-refractivity contribution in [2.24, 2.45) is 0 Å². The van der Waals surface area contributed by atoms with E-state index in [1.54, 1.807) is 24.3 Å². The van der Waals surface area contributed by atoms with Crippen molar-refractivity contribution in [3.8, 4) is 0 Å². The lowest BCUT2D eigenvalue weighted by Crippen LogP contribution is -2.23. The van der Waals surface area contributed by atoms with Crippen LogP contribution in [0.3, 0.4) is 0 Å². The van der Waals surface area contributed by atoms with Crippen LogP contribution in [0.2, 0.25) is 0 Å². The van der Waals surface area contributed by atoms with Crippen LogP contribution < -0.4 is 5.32 Å². The number of hydrogen-bond acceptors (Lipinski definition) is 5. The molecule has 1 amide bonds. The molecule has 0 aliphatic carbocycles. The smallest absolute Gasteiger partial charge is 0.241 e. The predicted octanol–water partition coefficient (Wildman–Crippen LogP) is 3.61. The Kier molecular flexibility index (Phi) is 4.98. The summed E-state index contributed by atoms with van der Waals surface area (Å²) >= 11 is 4.68. The van der Waals surface area contributed by atoms with E-state index in [1.807, 2.05) is 24.3 Å². The van der Waals surface area contributed by atoms with Crippen LogP contribution >= 0.6 is 27.3 Å². The summed E-state index contributed by atoms with van der Waals surface area (Å²) in [6.07, 6.45) is 0. The number of rotatable bonds is 5. The van der Waals surface area contributed by atoms with E-state index in [0.717, 1.165) is 14.7 Å². The van der Waals surface area contributed by atoms with Gasteiger partial charge in [0.1, 0.15) is 5.75 Å². The van der Waals surface area contributed by atoms with Crippen LogP contribution in [0.5, 0.6) is 0 Å². The first-order chi connectivity index (χ1) is 11.4. The Morgan fingerprint density at radius 2 is 1.92 bits per heavy atom. The van der Waals surface area contributed by atoms with Crippen LogP contribution in [0.1, 0.15) is 5.56 Å². The van der Waals surface area contributed by atoms with Gasteiger partial charge in [-0.25, -0.2) is 13.4 Å². The number of nitrogens with one attached hydrogen (secondary N) is 1. The molecule has 8 heteroatoms. The Morgan fingerprint density at radius 1 is 1.17 bits per heavy atom. The Hall–Kier alpha value is -1.77. The summed E-state index contributed by atoms with van der Waals surface area (Å²) in [5.74, 6) is -1.31. The monoisotopic (exact) mass is 424 g/mol. The van der Waals surface area contributed by atoms with E-state index in [4.69, 9.17) is 0 Å². The molecule has 3 rings (SSSR count). The van der Waals surface area contributed by atoms with Crippen molar-refractivity contribution in [1.29, 1.82) is 0 Å². The zero-order valence-electron chi connectivity index (χ0n) is 12.4. The number of hydrogen-bond donors (Lipinski definition) is 1. The summed E-state index contributed by atoms with van der Waals surface area (Å²) in [5.41, 5.74) is 1.42. The molecule has 0 radical (unpaired) electrons. The van der Waals surface area contributed by atoms with Crippen LogP contribution in [0.4, 0.5) is 5.13 Å². The SMILES string of the molecule is O=C(CS(=O)(=O)Cc1ccccc1)Nc1nc2ccc(Br)cc2s1. The van der Waals surface area contributed by atoms with Gasteiger partial charge in [0, 0.05) is 4.47 Å². The van der Waals surface area contributed by atoms with Crippen molar-refractivity contribution in [3.05, 3.63) is 58.6 Å². The number of amides is 1. The van der Waals surface area contributed by atoms with Gasteiger partial charge in [0.15, 0.2) is 15.0 Å². The third-order valence-electron chi connectivity index (χ3n) is 3.18. The fourth-order valence-corrected chi connectivity index (χ4v) is 4.89. The van der Waals surface area contributed by atoms with Gasteiger partial charge in [-0.05, 0) is 23.8 Å². The molecular weight excluding hydrogens is 412 g/mol. The van der Waals surface area contributed by atoms with Crippen LogP contribution in [0, 0.1) is 0 Å². The number of anilines is 1. The van der Waals surface area contributed by atoms with Gasteiger partial charge in [0.25, 0.3) is 0 Å². The third kappa shape index (κ3) is 4.40. The lowest BCUT2D eigenvalue weighted by molar-refractivity contribution is -0.113. The summed E-state index contributed by atoms with van der Waals surface area (Å²) in [6.45, 7) is 0. The number of carbonyl (C=O) groups is 1. The van der Waals surface area contributed by atoms with Crippen molar-refractivity contribution >= 4 is 58.4 Å². The van der Waals surface area contributed by atoms with Gasteiger partial charge >= 0.3 is 0 Å². The van der Waals surface area contributed by atoms with Crippen molar-refractivity contribution in [2.45, 2.75) is 5.75 Å². The third-order valence-corrected chi connectivity index (χ3v) is 6.08. The van der Waals surface area contributed by atoms with Gasteiger partial charge in [0.2, 0.25) is 5.91 Å². The summed E-state index contributed by atoms with van der Waals surface area (Å²) in [5, 5.41) is 2.96. The fourth-order valence-electron chi connectivity index (χ4n) is 2.19. The first kappa shape index (κ1) is 17.1. The number of halogens is 1. The van der Waals surface area contributed by atoms with E-state index in [2.05, 4.69) is 26.2 Å². The Labute approximate surface area is 151 Å². The molecule has 24 heavy (non-hydrogen) atoms. The summed E-state index contributed by atoms with van der Waals surface area (Å²) < 4.78 is 26.1. The minimum absolute atomic E-state index is 0.159. The molecule has 0 saturated carbocycles. The number of benzene rings is 2. The van der Waals surface area contributed by atoms with E-state index in [9.17, 15) is 13.2 Å². The van der Waals surface area contributed by atoms with Crippen molar-refractivity contribution in [1.82, 2.24) is 4.98 Å². The maximum atomic E-state index is 12.1. The highest BCUT2D eigenvalue weighted by atomic mass is 79.9. The van der Waals surface area contributed by atoms with Gasteiger partial charge in [-0.1, -0.05) is 57.6 Å². The standard InChI is InChI=1S/C16H13BrN2O3S2/c17-12-6-7-13-14(8-12)23-16(18-13)19-15(20)10-24(21,22)9-11-4-2-1-3-5-11/h1-8H,9-10H2,(H,18,19,20). The number of fused-ring (bicyclic) bond motifs is 1. The molecule has 0 spiro atoms. The van der Waals surface area contributed by atoms with Crippen LogP contribution in [-0.2, 0) is 20.4 Å². The minimum atomic E-state index is -3.53. The van der Waals surface area contributed by atoms with E-state index >= 15 is 0 Å². The molecule has 0 atom stereocenters. The van der Waals surface area contributed by atoms with Crippen molar-refractivity contribution < 1.29 is 13.2 Å². The Balaban J connectivity index is 1.67. The quantitative estimate of drug-likeness (QED) is 0.678. The highest BCUT2D eigenvalue weighted by Gasteiger charge is 2.18. The summed E-state index contributed by atoms with van der Waals surface area (Å²) in [7, 11) is -3.53. The van der Waals surface area contributed by atoms with Gasteiger partial charge in [-0.15, -0.1) is 0 Å². The summed E-state index contributed by atoms with van der Waals surface area (Å²) in [4.78, 5) is 16.3. The second-order valence-electron chi connectivity index (χ2n) is 5.20. The maximum Gasteiger partial charge on any atom is 0.241 e. The van der Waals surface area contributed by atoms with Crippen molar-refractivity contribution in [2.75, 3.05) is 11.1 Å².